The van der Waals surface area contributed by atoms with Crippen LogP contribution in [0.1, 0.15) is 5.56 Å². The fourth-order valence-electron chi connectivity index (χ4n) is 1.63. The number of carbonyl (C=O) groups excluding carboxylic acids is 3. The second-order valence-electron chi connectivity index (χ2n) is 5.23. The zero-order chi connectivity index (χ0) is 20.4. The van der Waals surface area contributed by atoms with Gasteiger partial charge in [-0.05, 0) is 0 Å². The summed E-state index contributed by atoms with van der Waals surface area (Å²) in [5, 5.41) is 18.9. The van der Waals surface area contributed by atoms with E-state index in [0.717, 1.165) is 25.5 Å². The molecule has 0 aromatic carbocycles. The van der Waals surface area contributed by atoms with Crippen LogP contribution in [0, 0.1) is 5.41 Å². The van der Waals surface area contributed by atoms with Crippen LogP contribution in [0.4, 0.5) is 0 Å². The summed E-state index contributed by atoms with van der Waals surface area (Å²) in [5.41, 5.74) is -3.62. The standard InChI is InChI=1S/C15H18N2O10/c1-25-10(20)2-3-11(21)27-8-15(6-18,7-19)13(23)26-5-9-4-16-14(24)17-12(9)22/h2-4,18-19H,5-8H2,1H3,(H2,16,17,22,24)/b3-2+. The molecule has 0 saturated carbocycles. The zero-order valence-corrected chi connectivity index (χ0v) is 14.2. The van der Waals surface area contributed by atoms with E-state index in [4.69, 9.17) is 9.47 Å². The molecule has 1 rings (SSSR count). The van der Waals surface area contributed by atoms with Crippen LogP contribution in [0.25, 0.3) is 0 Å². The van der Waals surface area contributed by atoms with Crippen molar-refractivity contribution in [2.45, 2.75) is 6.61 Å². The molecule has 12 heteroatoms. The van der Waals surface area contributed by atoms with Gasteiger partial charge in [0, 0.05) is 18.3 Å². The Kier molecular flexibility index (Phi) is 8.10. The molecule has 0 radical (unpaired) electrons. The van der Waals surface area contributed by atoms with Crippen molar-refractivity contribution < 1.29 is 38.8 Å². The number of rotatable bonds is 9. The van der Waals surface area contributed by atoms with Crippen LogP contribution in [-0.4, -0.2) is 65.0 Å². The van der Waals surface area contributed by atoms with Crippen LogP contribution in [0.15, 0.2) is 27.9 Å². The lowest BCUT2D eigenvalue weighted by Gasteiger charge is -2.26. The van der Waals surface area contributed by atoms with Crippen molar-refractivity contribution in [1.82, 2.24) is 9.97 Å². The maximum Gasteiger partial charge on any atom is 0.331 e. The topological polar surface area (TPSA) is 185 Å². The number of methoxy groups -OCH3 is 1. The highest BCUT2D eigenvalue weighted by molar-refractivity contribution is 5.91. The Hall–Kier alpha value is -3.25. The van der Waals surface area contributed by atoms with Gasteiger partial charge in [0.15, 0.2) is 0 Å². The fraction of sp³-hybridized carbons (Fsp3) is 0.400. The van der Waals surface area contributed by atoms with Crippen molar-refractivity contribution in [2.75, 3.05) is 26.9 Å². The number of aromatic nitrogens is 2. The molecule has 1 aromatic rings. The minimum atomic E-state index is -2.00. The second kappa shape index (κ2) is 10.0. The smallest absolute Gasteiger partial charge is 0.331 e. The van der Waals surface area contributed by atoms with E-state index in [0.29, 0.717) is 0 Å². The van der Waals surface area contributed by atoms with Crippen molar-refractivity contribution >= 4 is 17.9 Å². The number of hydrogen-bond acceptors (Lipinski definition) is 10. The van der Waals surface area contributed by atoms with E-state index < -0.39 is 61.0 Å². The predicted molar refractivity (Wildman–Crippen MR) is 86.2 cm³/mol. The van der Waals surface area contributed by atoms with Gasteiger partial charge in [-0.3, -0.25) is 14.6 Å². The third-order valence-electron chi connectivity index (χ3n) is 3.34. The highest BCUT2D eigenvalue weighted by Gasteiger charge is 2.41. The molecule has 0 saturated heterocycles. The zero-order valence-electron chi connectivity index (χ0n) is 14.2. The van der Waals surface area contributed by atoms with Gasteiger partial charge in [-0.15, -0.1) is 0 Å². The van der Waals surface area contributed by atoms with Gasteiger partial charge in [-0.25, -0.2) is 14.4 Å². The van der Waals surface area contributed by atoms with Crippen LogP contribution < -0.4 is 11.2 Å². The summed E-state index contributed by atoms with van der Waals surface area (Å²) in [6.07, 6.45) is 2.55. The number of aliphatic hydroxyl groups excluding tert-OH is 2. The molecule has 0 bridgehead atoms. The number of esters is 3. The second-order valence-corrected chi connectivity index (χ2v) is 5.23. The van der Waals surface area contributed by atoms with E-state index in [9.17, 15) is 34.2 Å². The Bertz CT molecular complexity index is 818. The molecular weight excluding hydrogens is 368 g/mol. The first-order valence-corrected chi connectivity index (χ1v) is 7.40. The molecule has 0 aliphatic carbocycles. The van der Waals surface area contributed by atoms with Crippen molar-refractivity contribution in [3.05, 3.63) is 44.8 Å². The SMILES string of the molecule is COC(=O)/C=C/C(=O)OCC(CO)(CO)C(=O)OCc1c[nH]c(=O)[nH]c1=O. The highest BCUT2D eigenvalue weighted by Crippen LogP contribution is 2.19. The van der Waals surface area contributed by atoms with Crippen LogP contribution in [-0.2, 0) is 35.2 Å². The number of ether oxygens (including phenoxy) is 3. The van der Waals surface area contributed by atoms with E-state index in [-0.39, 0.29) is 5.56 Å². The lowest BCUT2D eigenvalue weighted by atomic mass is 9.91. The summed E-state index contributed by atoms with van der Waals surface area (Å²) >= 11 is 0. The molecule has 0 spiro atoms. The van der Waals surface area contributed by atoms with Crippen LogP contribution in [0.5, 0.6) is 0 Å². The Labute approximate surface area is 151 Å². The number of aromatic amines is 2. The maximum atomic E-state index is 12.2. The number of aliphatic hydroxyl groups is 2. The van der Waals surface area contributed by atoms with E-state index in [1.54, 1.807) is 0 Å². The molecule has 0 fully saturated rings. The van der Waals surface area contributed by atoms with Gasteiger partial charge in [0.05, 0.1) is 25.9 Å². The average Bonchev–Trinajstić information content (AvgIpc) is 2.66. The molecule has 1 aromatic heterocycles. The minimum Gasteiger partial charge on any atom is -0.466 e. The van der Waals surface area contributed by atoms with Crippen LogP contribution in [0.3, 0.4) is 0 Å². The van der Waals surface area contributed by atoms with Gasteiger partial charge in [0.1, 0.15) is 18.6 Å². The van der Waals surface area contributed by atoms with Crippen molar-refractivity contribution in [3.8, 4) is 0 Å². The first kappa shape index (κ1) is 21.8. The predicted octanol–water partition coefficient (Wildman–Crippen LogP) is -2.65. The van der Waals surface area contributed by atoms with E-state index in [1.165, 1.54) is 0 Å². The Morgan fingerprint density at radius 3 is 2.30 bits per heavy atom. The van der Waals surface area contributed by atoms with Crippen molar-refractivity contribution in [2.24, 2.45) is 5.41 Å². The summed E-state index contributed by atoms with van der Waals surface area (Å²) in [6, 6.07) is 0. The lowest BCUT2D eigenvalue weighted by molar-refractivity contribution is -0.170. The summed E-state index contributed by atoms with van der Waals surface area (Å²) < 4.78 is 13.9. The summed E-state index contributed by atoms with van der Waals surface area (Å²) in [5.74, 6) is -2.99. The van der Waals surface area contributed by atoms with Gasteiger partial charge < -0.3 is 29.4 Å². The maximum absolute atomic E-state index is 12.2. The Balaban J connectivity index is 2.76. The van der Waals surface area contributed by atoms with E-state index in [2.05, 4.69) is 9.72 Å². The van der Waals surface area contributed by atoms with Crippen molar-refractivity contribution in [1.29, 1.82) is 0 Å². The van der Waals surface area contributed by atoms with Gasteiger partial charge in [0.25, 0.3) is 5.56 Å². The fourth-order valence-corrected chi connectivity index (χ4v) is 1.63. The van der Waals surface area contributed by atoms with Gasteiger partial charge >= 0.3 is 23.6 Å². The average molecular weight is 386 g/mol. The number of hydrogen-bond donors (Lipinski definition) is 4. The minimum absolute atomic E-state index is 0.0919. The summed E-state index contributed by atoms with van der Waals surface area (Å²) in [4.78, 5) is 61.2. The van der Waals surface area contributed by atoms with E-state index >= 15 is 0 Å². The normalized spacial score (nSPS) is 11.2. The summed E-state index contributed by atoms with van der Waals surface area (Å²) in [7, 11) is 1.10. The molecular formula is C15H18N2O10. The van der Waals surface area contributed by atoms with Gasteiger partial charge in [-0.1, -0.05) is 0 Å². The molecule has 148 valence electrons. The number of carbonyl (C=O) groups is 3. The van der Waals surface area contributed by atoms with Crippen LogP contribution in [0.2, 0.25) is 0 Å². The third-order valence-corrected chi connectivity index (χ3v) is 3.34. The van der Waals surface area contributed by atoms with Crippen LogP contribution >= 0.6 is 0 Å². The lowest BCUT2D eigenvalue weighted by Crippen LogP contribution is -2.44. The number of H-pyrrole nitrogens is 2. The molecule has 12 nitrogen and oxygen atoms in total. The molecule has 0 unspecified atom stereocenters. The first-order valence-electron chi connectivity index (χ1n) is 7.40. The Morgan fingerprint density at radius 2 is 1.74 bits per heavy atom. The van der Waals surface area contributed by atoms with E-state index in [1.807, 2.05) is 4.98 Å². The molecule has 0 amide bonds. The largest absolute Gasteiger partial charge is 0.466 e. The molecule has 1 heterocycles. The highest BCUT2D eigenvalue weighted by atomic mass is 16.6. The van der Waals surface area contributed by atoms with Gasteiger partial charge in [0.2, 0.25) is 0 Å². The molecule has 4 N–H and O–H groups in total. The molecule has 0 aliphatic rings. The molecule has 27 heavy (non-hydrogen) atoms. The first-order chi connectivity index (χ1) is 12.8. The molecule has 0 atom stereocenters. The quantitative estimate of drug-likeness (QED) is 0.198. The number of nitrogens with one attached hydrogen (secondary N) is 2. The monoisotopic (exact) mass is 386 g/mol. The molecule has 0 aliphatic heterocycles. The van der Waals surface area contributed by atoms with Crippen molar-refractivity contribution in [3.63, 3.8) is 0 Å². The van der Waals surface area contributed by atoms with Gasteiger partial charge in [-0.2, -0.15) is 0 Å². The third kappa shape index (κ3) is 6.20. The summed E-state index contributed by atoms with van der Waals surface area (Å²) in [6.45, 7) is -3.19. The Morgan fingerprint density at radius 1 is 1.11 bits per heavy atom.